The van der Waals surface area contributed by atoms with E-state index in [-0.39, 0.29) is 5.91 Å². The zero-order valence-corrected chi connectivity index (χ0v) is 19.6. The molecule has 0 aliphatic carbocycles. The number of nitrogens with zero attached hydrogens (tertiary/aromatic N) is 1. The van der Waals surface area contributed by atoms with E-state index < -0.39 is 0 Å². The maximum absolute atomic E-state index is 12.9. The van der Waals surface area contributed by atoms with E-state index in [4.69, 9.17) is 9.47 Å². The number of benzene rings is 2. The van der Waals surface area contributed by atoms with Gasteiger partial charge in [-0.2, -0.15) is 0 Å². The first-order valence-corrected chi connectivity index (χ1v) is 11.1. The second kappa shape index (κ2) is 10.6. The minimum atomic E-state index is 0.187. The normalized spacial score (nSPS) is 18.5. The number of hydrogen-bond donors (Lipinski definition) is 2. The van der Waals surface area contributed by atoms with E-state index in [1.54, 1.807) is 19.1 Å². The predicted molar refractivity (Wildman–Crippen MR) is 122 cm³/mol. The molecule has 0 bridgehead atoms. The monoisotopic (exact) mass is 427 g/mol. The molecule has 0 spiro atoms. The van der Waals surface area contributed by atoms with Gasteiger partial charge in [0.2, 0.25) is 0 Å². The lowest BCUT2D eigenvalue weighted by Gasteiger charge is -2.30. The highest BCUT2D eigenvalue weighted by atomic mass is 16.5. The summed E-state index contributed by atoms with van der Waals surface area (Å²) >= 11 is 0. The Morgan fingerprint density at radius 1 is 0.903 bits per heavy atom. The van der Waals surface area contributed by atoms with Crippen molar-refractivity contribution >= 4 is 5.91 Å². The average Bonchev–Trinajstić information content (AvgIpc) is 2.77. The highest BCUT2D eigenvalue weighted by molar-refractivity contribution is 5.76. The van der Waals surface area contributed by atoms with E-state index in [9.17, 15) is 4.79 Å². The summed E-state index contributed by atoms with van der Waals surface area (Å²) in [7, 11) is 5.16. The lowest BCUT2D eigenvalue weighted by molar-refractivity contribution is -1.02. The molecule has 0 saturated carbocycles. The van der Waals surface area contributed by atoms with Crippen LogP contribution in [0.5, 0.6) is 11.5 Å². The smallest absolute Gasteiger partial charge is 0.277 e. The second-order valence-electron chi connectivity index (χ2n) is 8.66. The van der Waals surface area contributed by atoms with E-state index in [1.165, 1.54) is 16.0 Å². The Hall–Kier alpha value is -2.57. The fraction of sp³-hybridized carbons (Fsp3) is 0.480. The molecule has 0 unspecified atom stereocenters. The molecule has 1 amide bonds. The first-order valence-electron chi connectivity index (χ1n) is 11.1. The molecule has 3 rings (SSSR count). The summed E-state index contributed by atoms with van der Waals surface area (Å²) in [5.41, 5.74) is 4.98. The van der Waals surface area contributed by atoms with Crippen molar-refractivity contribution in [3.8, 4) is 11.5 Å². The summed E-state index contributed by atoms with van der Waals surface area (Å²) in [4.78, 5) is 17.7. The molecule has 2 N–H and O–H groups in total. The number of aryl methyl sites for hydroxylation is 2. The number of likely N-dealkylation sites (N-methyl/N-ethyl adjacent to an activating group) is 1. The number of carbonyl (C=O) groups excluding carboxylic acids is 1. The molecule has 6 heteroatoms. The van der Waals surface area contributed by atoms with E-state index in [0.717, 1.165) is 43.9 Å². The molecule has 31 heavy (non-hydrogen) atoms. The van der Waals surface area contributed by atoms with Gasteiger partial charge >= 0.3 is 0 Å². The zero-order valence-electron chi connectivity index (χ0n) is 19.6. The maximum atomic E-state index is 12.9. The molecule has 1 heterocycles. The summed E-state index contributed by atoms with van der Waals surface area (Å²) in [6.45, 7) is 10.7. The van der Waals surface area contributed by atoms with Gasteiger partial charge in [0.1, 0.15) is 32.7 Å². The van der Waals surface area contributed by atoms with Gasteiger partial charge in [0.15, 0.2) is 18.0 Å². The Morgan fingerprint density at radius 3 is 2.16 bits per heavy atom. The van der Waals surface area contributed by atoms with Crippen LogP contribution in [-0.2, 0) is 17.9 Å². The van der Waals surface area contributed by atoms with Gasteiger partial charge in [-0.15, -0.1) is 0 Å². The van der Waals surface area contributed by atoms with E-state index in [1.807, 2.05) is 31.0 Å². The number of carbonyl (C=O) groups is 1. The zero-order chi connectivity index (χ0) is 22.4. The van der Waals surface area contributed by atoms with Crippen LogP contribution in [0.3, 0.4) is 0 Å². The van der Waals surface area contributed by atoms with E-state index in [0.29, 0.717) is 24.6 Å². The van der Waals surface area contributed by atoms with E-state index >= 15 is 0 Å². The predicted octanol–water partition coefficient (Wildman–Crippen LogP) is 0.263. The van der Waals surface area contributed by atoms with Crippen LogP contribution >= 0.6 is 0 Å². The Bertz CT molecular complexity index is 892. The molecule has 6 nitrogen and oxygen atoms in total. The third-order valence-electron chi connectivity index (χ3n) is 6.44. The SMILES string of the molecule is COc1cc(C)c(CN(C)C(=O)C[NH+]2CC[NH+](Cc3ccccc3C)CC2)cc1OC. The molecule has 168 valence electrons. The van der Waals surface area contributed by atoms with Crippen LogP contribution in [0.4, 0.5) is 0 Å². The quantitative estimate of drug-likeness (QED) is 0.636. The summed E-state index contributed by atoms with van der Waals surface area (Å²) in [6.07, 6.45) is 0. The lowest BCUT2D eigenvalue weighted by Crippen LogP contribution is -3.28. The van der Waals surface area contributed by atoms with Gasteiger partial charge in [-0.25, -0.2) is 0 Å². The van der Waals surface area contributed by atoms with Crippen molar-refractivity contribution in [2.45, 2.75) is 26.9 Å². The fourth-order valence-electron chi connectivity index (χ4n) is 4.27. The van der Waals surface area contributed by atoms with Gasteiger partial charge in [0.25, 0.3) is 5.91 Å². The first kappa shape index (κ1) is 23.1. The number of hydrogen-bond acceptors (Lipinski definition) is 3. The summed E-state index contributed by atoms with van der Waals surface area (Å²) in [5.74, 6) is 1.60. The summed E-state index contributed by atoms with van der Waals surface area (Å²) in [5, 5.41) is 0. The third-order valence-corrected chi connectivity index (χ3v) is 6.44. The number of quaternary nitrogens is 2. The van der Waals surface area contributed by atoms with Crippen LogP contribution in [0, 0.1) is 13.8 Å². The number of ether oxygens (including phenoxy) is 2. The van der Waals surface area contributed by atoms with Gasteiger partial charge in [-0.05, 0) is 42.7 Å². The number of nitrogens with one attached hydrogen (secondary N) is 2. The van der Waals surface area contributed by atoms with Gasteiger partial charge in [0.05, 0.1) is 14.2 Å². The Kier molecular flexibility index (Phi) is 7.93. The van der Waals surface area contributed by atoms with Gasteiger partial charge in [-0.1, -0.05) is 24.3 Å². The van der Waals surface area contributed by atoms with Gasteiger partial charge in [0, 0.05) is 19.2 Å². The third kappa shape index (κ3) is 5.99. The molecular weight excluding hydrogens is 390 g/mol. The van der Waals surface area contributed by atoms with E-state index in [2.05, 4.69) is 31.2 Å². The van der Waals surface area contributed by atoms with Crippen LogP contribution in [0.25, 0.3) is 0 Å². The van der Waals surface area contributed by atoms with Crippen LogP contribution < -0.4 is 19.3 Å². The second-order valence-corrected chi connectivity index (χ2v) is 8.66. The molecule has 0 atom stereocenters. The number of rotatable bonds is 8. The lowest BCUT2D eigenvalue weighted by atomic mass is 10.1. The highest BCUT2D eigenvalue weighted by Gasteiger charge is 2.26. The Balaban J connectivity index is 1.50. The molecular formula is C25H37N3O3+2. The summed E-state index contributed by atoms with van der Waals surface area (Å²) in [6, 6.07) is 12.6. The van der Waals surface area contributed by atoms with Gasteiger partial charge in [-0.3, -0.25) is 4.79 Å². The molecule has 0 radical (unpaired) electrons. The van der Waals surface area contributed by atoms with Crippen LogP contribution in [0.15, 0.2) is 36.4 Å². The minimum Gasteiger partial charge on any atom is -0.493 e. The molecule has 0 aromatic heterocycles. The van der Waals surface area contributed by atoms with Crippen molar-refractivity contribution in [1.82, 2.24) is 4.90 Å². The Morgan fingerprint density at radius 2 is 1.52 bits per heavy atom. The summed E-state index contributed by atoms with van der Waals surface area (Å²) < 4.78 is 10.8. The molecule has 1 aliphatic rings. The van der Waals surface area contributed by atoms with Crippen LogP contribution in [0.1, 0.15) is 22.3 Å². The highest BCUT2D eigenvalue weighted by Crippen LogP contribution is 2.30. The van der Waals surface area contributed by atoms with Crippen molar-refractivity contribution < 1.29 is 24.1 Å². The van der Waals surface area contributed by atoms with Gasteiger partial charge < -0.3 is 24.2 Å². The molecule has 1 fully saturated rings. The van der Waals surface area contributed by atoms with Crippen molar-refractivity contribution in [2.24, 2.45) is 0 Å². The fourth-order valence-corrected chi connectivity index (χ4v) is 4.27. The number of methoxy groups -OCH3 is 2. The van der Waals surface area contributed by atoms with Crippen LogP contribution in [-0.4, -0.2) is 64.8 Å². The molecule has 1 saturated heterocycles. The van der Waals surface area contributed by atoms with Crippen molar-refractivity contribution in [3.05, 3.63) is 58.7 Å². The van der Waals surface area contributed by atoms with Crippen molar-refractivity contribution in [2.75, 3.05) is 54.0 Å². The largest absolute Gasteiger partial charge is 0.493 e. The maximum Gasteiger partial charge on any atom is 0.277 e. The first-order chi connectivity index (χ1) is 14.9. The molecule has 2 aromatic carbocycles. The van der Waals surface area contributed by atoms with Crippen molar-refractivity contribution in [1.29, 1.82) is 0 Å². The average molecular weight is 428 g/mol. The minimum absolute atomic E-state index is 0.187. The topological polar surface area (TPSA) is 47.6 Å². The number of amides is 1. The number of piperazine rings is 1. The van der Waals surface area contributed by atoms with Crippen LogP contribution in [0.2, 0.25) is 0 Å². The standard InChI is InChI=1S/C25H35N3O3/c1-19-8-6-7-9-21(19)17-27-10-12-28(13-11-27)18-25(29)26(3)16-22-15-24(31-5)23(30-4)14-20(22)2/h6-9,14-15H,10-13,16-18H2,1-5H3/p+2. The van der Waals surface area contributed by atoms with Crippen molar-refractivity contribution in [3.63, 3.8) is 0 Å². The molecule has 1 aliphatic heterocycles. The Labute approximate surface area is 186 Å². The molecule has 2 aromatic rings.